The third-order valence-corrected chi connectivity index (χ3v) is 13.2. The van der Waals surface area contributed by atoms with Gasteiger partial charge in [0.2, 0.25) is 0 Å². The maximum Gasteiger partial charge on any atom is -0.000718 e. The van der Waals surface area contributed by atoms with E-state index >= 15 is 0 Å². The van der Waals surface area contributed by atoms with Crippen LogP contribution in [0.1, 0.15) is 36.1 Å². The monoisotopic (exact) mass is 592 g/mol. The number of hydrogen-bond acceptors (Lipinski definition) is 0. The van der Waals surface area contributed by atoms with Crippen molar-refractivity contribution in [2.75, 3.05) is 0 Å². The Morgan fingerprint density at radius 2 is 0.651 bits per heavy atom. The number of hydrogen-bond donors (Lipinski definition) is 0. The molecule has 2 heteroatoms. The fraction of sp³-hybridized carbons (Fsp3) is 0.122. The highest BCUT2D eigenvalue weighted by Crippen LogP contribution is 2.38. The molecule has 6 rings (SSSR count). The van der Waals surface area contributed by atoms with Crippen molar-refractivity contribution in [3.8, 4) is 0 Å². The van der Waals surface area contributed by atoms with Crippen molar-refractivity contribution < 1.29 is 0 Å². The van der Waals surface area contributed by atoms with Crippen LogP contribution in [0.5, 0.6) is 0 Å². The summed E-state index contributed by atoms with van der Waals surface area (Å²) in [4.78, 5) is 0. The van der Waals surface area contributed by atoms with Crippen LogP contribution in [0, 0.1) is 0 Å². The molecule has 0 heterocycles. The van der Waals surface area contributed by atoms with Gasteiger partial charge in [-0.3, -0.25) is 0 Å². The topological polar surface area (TPSA) is 0 Å². The lowest BCUT2D eigenvalue weighted by molar-refractivity contribution is 1.04. The van der Waals surface area contributed by atoms with Gasteiger partial charge in [0.25, 0.3) is 0 Å². The van der Waals surface area contributed by atoms with Gasteiger partial charge in [-0.05, 0) is 89.2 Å². The Labute approximate surface area is 260 Å². The molecule has 0 unspecified atom stereocenters. The minimum atomic E-state index is -0.706. The van der Waals surface area contributed by atoms with E-state index in [9.17, 15) is 0 Å². The molecule has 0 atom stereocenters. The molecule has 0 aromatic heterocycles. The van der Waals surface area contributed by atoms with Crippen LogP contribution in [0.15, 0.2) is 158 Å². The van der Waals surface area contributed by atoms with Crippen molar-refractivity contribution in [1.82, 2.24) is 0 Å². The second-order valence-corrected chi connectivity index (χ2v) is 15.1. The highest BCUT2D eigenvalue weighted by molar-refractivity contribution is 7.80. The van der Waals surface area contributed by atoms with Gasteiger partial charge in [-0.2, -0.15) is 0 Å². The van der Waals surface area contributed by atoms with E-state index in [2.05, 4.69) is 172 Å². The number of aryl methyl sites for hydroxylation is 2. The first kappa shape index (κ1) is 29.3. The molecule has 0 radical (unpaired) electrons. The predicted molar refractivity (Wildman–Crippen MR) is 192 cm³/mol. The van der Waals surface area contributed by atoms with Crippen LogP contribution in [-0.2, 0) is 19.3 Å². The van der Waals surface area contributed by atoms with Gasteiger partial charge in [-0.1, -0.05) is 172 Å². The highest BCUT2D eigenvalue weighted by Gasteiger charge is 2.25. The molecule has 0 fully saturated rings. The van der Waals surface area contributed by atoms with Crippen molar-refractivity contribution in [2.45, 2.75) is 33.1 Å². The quantitative estimate of drug-likeness (QED) is 0.142. The zero-order chi connectivity index (χ0) is 29.4. The van der Waals surface area contributed by atoms with Gasteiger partial charge < -0.3 is 0 Å². The zero-order valence-corrected chi connectivity index (χ0v) is 26.8. The van der Waals surface area contributed by atoms with Crippen molar-refractivity contribution >= 4 is 47.7 Å². The summed E-state index contributed by atoms with van der Waals surface area (Å²) in [5.74, 6) is 0. The largest absolute Gasteiger partial charge is 0.0622 e. The molecule has 0 nitrogen and oxygen atoms in total. The first-order valence-electron chi connectivity index (χ1n) is 15.3. The van der Waals surface area contributed by atoms with E-state index in [1.54, 1.807) is 0 Å². The van der Waals surface area contributed by atoms with Gasteiger partial charge in [0.1, 0.15) is 0 Å². The molecular formula is C41H38P2. The maximum atomic E-state index is 2.41. The smallest absolute Gasteiger partial charge is 0.000718 e. The molecule has 0 aliphatic heterocycles. The van der Waals surface area contributed by atoms with Crippen molar-refractivity contribution in [3.05, 3.63) is 180 Å². The molecule has 0 aliphatic rings. The van der Waals surface area contributed by atoms with E-state index in [0.29, 0.717) is 0 Å². The SMILES string of the molecule is CCc1cccc(P(c2ccccc2)c2ccccc2)c1Cc1c(CC)cccc1P(c1ccccc1)c1ccccc1. The van der Waals surface area contributed by atoms with Gasteiger partial charge in [-0.15, -0.1) is 0 Å². The minimum absolute atomic E-state index is 0.706. The fourth-order valence-electron chi connectivity index (χ4n) is 6.07. The molecule has 6 aromatic rings. The Hall–Kier alpha value is -3.82. The number of rotatable bonds is 10. The molecule has 0 spiro atoms. The molecule has 212 valence electrons. The first-order chi connectivity index (χ1) is 21.3. The summed E-state index contributed by atoms with van der Waals surface area (Å²) in [5.41, 5.74) is 5.92. The molecular weight excluding hydrogens is 554 g/mol. The van der Waals surface area contributed by atoms with Crippen molar-refractivity contribution in [2.24, 2.45) is 0 Å². The normalized spacial score (nSPS) is 11.3. The third-order valence-electron chi connectivity index (χ3n) is 8.15. The Bertz CT molecular complexity index is 1540. The summed E-state index contributed by atoms with van der Waals surface area (Å²) in [6, 6.07) is 58.7. The minimum Gasteiger partial charge on any atom is -0.0622 e. The van der Waals surface area contributed by atoms with Crippen LogP contribution in [0.25, 0.3) is 0 Å². The lowest BCUT2D eigenvalue weighted by Crippen LogP contribution is -2.27. The second-order valence-electron chi connectivity index (χ2n) is 10.7. The lowest BCUT2D eigenvalue weighted by atomic mass is 9.94. The van der Waals surface area contributed by atoms with E-state index in [0.717, 1.165) is 19.3 Å². The van der Waals surface area contributed by atoms with E-state index in [1.807, 2.05) is 0 Å². The van der Waals surface area contributed by atoms with E-state index in [1.165, 1.54) is 54.1 Å². The first-order valence-corrected chi connectivity index (χ1v) is 18.0. The summed E-state index contributed by atoms with van der Waals surface area (Å²) >= 11 is 0. The van der Waals surface area contributed by atoms with Crippen LogP contribution < -0.4 is 31.8 Å². The van der Waals surface area contributed by atoms with Gasteiger partial charge in [-0.25, -0.2) is 0 Å². The van der Waals surface area contributed by atoms with Crippen LogP contribution >= 0.6 is 15.8 Å². The summed E-state index contributed by atoms with van der Waals surface area (Å²) < 4.78 is 0. The van der Waals surface area contributed by atoms with Crippen LogP contribution in [0.2, 0.25) is 0 Å². The van der Waals surface area contributed by atoms with Gasteiger partial charge in [0.15, 0.2) is 0 Å². The van der Waals surface area contributed by atoms with Crippen LogP contribution in [0.3, 0.4) is 0 Å². The van der Waals surface area contributed by atoms with Gasteiger partial charge >= 0.3 is 0 Å². The van der Waals surface area contributed by atoms with Crippen LogP contribution in [0.4, 0.5) is 0 Å². The predicted octanol–water partition coefficient (Wildman–Crippen LogP) is 7.92. The average Bonchev–Trinajstić information content (AvgIpc) is 3.08. The van der Waals surface area contributed by atoms with Crippen molar-refractivity contribution in [1.29, 1.82) is 0 Å². The van der Waals surface area contributed by atoms with Crippen LogP contribution in [-0.4, -0.2) is 0 Å². The standard InChI is InChI=1S/C41H38P2/c1-3-32-19-17-29-40(42(34-21-9-5-10-22-34)35-23-11-6-12-24-35)38(32)31-39-33(4-2)20-18-30-41(39)43(36-25-13-7-14-26-36)37-27-15-8-16-28-37/h5-30H,3-4,31H2,1-2H3. The molecule has 6 aromatic carbocycles. The summed E-state index contributed by atoms with van der Waals surface area (Å²) in [5, 5.41) is 8.56. The molecule has 43 heavy (non-hydrogen) atoms. The average molecular weight is 593 g/mol. The number of benzene rings is 6. The molecule has 0 amide bonds. The maximum absolute atomic E-state index is 2.41. The van der Waals surface area contributed by atoms with E-state index in [-0.39, 0.29) is 0 Å². The highest BCUT2D eigenvalue weighted by atomic mass is 31.1. The Morgan fingerprint density at radius 1 is 0.349 bits per heavy atom. The molecule has 0 aliphatic carbocycles. The summed E-state index contributed by atoms with van der Waals surface area (Å²) in [6.07, 6.45) is 2.98. The van der Waals surface area contributed by atoms with Gasteiger partial charge in [0, 0.05) is 0 Å². The molecule has 0 saturated carbocycles. The zero-order valence-electron chi connectivity index (χ0n) is 25.0. The summed E-state index contributed by atoms with van der Waals surface area (Å²) in [6.45, 7) is 4.62. The van der Waals surface area contributed by atoms with Gasteiger partial charge in [0.05, 0.1) is 0 Å². The van der Waals surface area contributed by atoms with E-state index in [4.69, 9.17) is 0 Å². The molecule has 0 N–H and O–H groups in total. The fourth-order valence-corrected chi connectivity index (χ4v) is 11.1. The second kappa shape index (κ2) is 14.1. The molecule has 0 saturated heterocycles. The summed E-state index contributed by atoms with van der Waals surface area (Å²) in [7, 11) is -1.41. The lowest BCUT2D eigenvalue weighted by Gasteiger charge is -2.27. The van der Waals surface area contributed by atoms with E-state index < -0.39 is 15.8 Å². The Morgan fingerprint density at radius 3 is 0.930 bits per heavy atom. The Balaban J connectivity index is 1.57. The molecule has 0 bridgehead atoms. The van der Waals surface area contributed by atoms with Crippen molar-refractivity contribution in [3.63, 3.8) is 0 Å². The Kier molecular flexibility index (Phi) is 9.60. The third kappa shape index (κ3) is 6.43.